The molecule has 0 saturated carbocycles. The molecule has 138 valence electrons. The fourth-order valence-electron chi connectivity index (χ4n) is 2.56. The summed E-state index contributed by atoms with van der Waals surface area (Å²) in [5.74, 6) is 1.78. The molecule has 0 spiro atoms. The van der Waals surface area contributed by atoms with E-state index in [1.807, 2.05) is 59.0 Å². The van der Waals surface area contributed by atoms with E-state index >= 15 is 0 Å². The van der Waals surface area contributed by atoms with Crippen molar-refractivity contribution in [2.45, 2.75) is 12.3 Å². The minimum Gasteiger partial charge on any atom is -0.352 e. The summed E-state index contributed by atoms with van der Waals surface area (Å²) in [7, 11) is 0. The van der Waals surface area contributed by atoms with Gasteiger partial charge in [0.15, 0.2) is 0 Å². The van der Waals surface area contributed by atoms with E-state index in [9.17, 15) is 4.79 Å². The number of carbonyl (C=O) groups excluding carboxylic acids is 1. The number of amides is 1. The van der Waals surface area contributed by atoms with Crippen molar-refractivity contribution < 1.29 is 4.79 Å². The maximum atomic E-state index is 11.9. The van der Waals surface area contributed by atoms with E-state index in [1.165, 1.54) is 11.1 Å². The molecule has 1 amide bonds. The molecular weight excluding hydrogens is 354 g/mol. The molecule has 0 aliphatic carbocycles. The molecule has 5 heteroatoms. The van der Waals surface area contributed by atoms with Gasteiger partial charge in [0.25, 0.3) is 0 Å². The predicted molar refractivity (Wildman–Crippen MR) is 112 cm³/mol. The van der Waals surface area contributed by atoms with E-state index in [1.54, 1.807) is 18.3 Å². The third-order valence-corrected chi connectivity index (χ3v) is 4.96. The Morgan fingerprint density at radius 1 is 1.04 bits per heavy atom. The molecule has 0 atom stereocenters. The van der Waals surface area contributed by atoms with Crippen LogP contribution in [0.25, 0.3) is 6.08 Å². The molecular formula is C22H23N3OS. The maximum Gasteiger partial charge on any atom is 0.244 e. The van der Waals surface area contributed by atoms with Crippen LogP contribution in [-0.2, 0) is 17.1 Å². The summed E-state index contributed by atoms with van der Waals surface area (Å²) in [5.41, 5.74) is 3.42. The SMILES string of the molecule is O=C(/C=C/c1cnn(Cc2ccccc2)c1)NCCSCc1ccccc1. The van der Waals surface area contributed by atoms with Crippen molar-refractivity contribution in [3.05, 3.63) is 95.8 Å². The highest BCUT2D eigenvalue weighted by atomic mass is 32.2. The second kappa shape index (κ2) is 10.4. The second-order valence-electron chi connectivity index (χ2n) is 6.12. The zero-order valence-corrected chi connectivity index (χ0v) is 15.9. The van der Waals surface area contributed by atoms with Crippen LogP contribution in [0.2, 0.25) is 0 Å². The van der Waals surface area contributed by atoms with Gasteiger partial charge >= 0.3 is 0 Å². The number of rotatable bonds is 9. The van der Waals surface area contributed by atoms with Crippen LogP contribution in [0.1, 0.15) is 16.7 Å². The standard InChI is InChI=1S/C22H23N3OS/c26-22(23-13-14-27-18-20-9-5-2-6-10-20)12-11-21-15-24-25(17-21)16-19-7-3-1-4-8-19/h1-12,15,17H,13-14,16,18H2,(H,23,26)/b12-11+. The Morgan fingerprint density at radius 3 is 2.48 bits per heavy atom. The third kappa shape index (κ3) is 6.79. The van der Waals surface area contributed by atoms with Crippen molar-refractivity contribution in [1.82, 2.24) is 15.1 Å². The van der Waals surface area contributed by atoms with E-state index in [-0.39, 0.29) is 5.91 Å². The lowest BCUT2D eigenvalue weighted by atomic mass is 10.2. The number of nitrogens with zero attached hydrogens (tertiary/aromatic N) is 2. The van der Waals surface area contributed by atoms with Crippen LogP contribution in [0.15, 0.2) is 79.1 Å². The average Bonchev–Trinajstić information content (AvgIpc) is 3.15. The average molecular weight is 378 g/mol. The summed E-state index contributed by atoms with van der Waals surface area (Å²) in [5, 5.41) is 7.25. The van der Waals surface area contributed by atoms with Gasteiger partial charge in [0, 0.05) is 35.9 Å². The fraction of sp³-hybridized carbons (Fsp3) is 0.182. The fourth-order valence-corrected chi connectivity index (χ4v) is 3.38. The van der Waals surface area contributed by atoms with Crippen molar-refractivity contribution in [3.8, 4) is 0 Å². The molecule has 0 bridgehead atoms. The summed E-state index contributed by atoms with van der Waals surface area (Å²) >= 11 is 1.81. The van der Waals surface area contributed by atoms with Crippen LogP contribution in [-0.4, -0.2) is 28.0 Å². The molecule has 4 nitrogen and oxygen atoms in total. The molecule has 0 radical (unpaired) electrons. The Kier molecular flexibility index (Phi) is 7.30. The highest BCUT2D eigenvalue weighted by Gasteiger charge is 1.99. The van der Waals surface area contributed by atoms with Crippen LogP contribution in [0, 0.1) is 0 Å². The Balaban J connectivity index is 1.36. The Labute approximate surface area is 164 Å². The van der Waals surface area contributed by atoms with E-state index in [2.05, 4.69) is 34.7 Å². The number of nitrogens with one attached hydrogen (secondary N) is 1. The van der Waals surface area contributed by atoms with E-state index in [0.717, 1.165) is 23.6 Å². The zero-order chi connectivity index (χ0) is 18.7. The van der Waals surface area contributed by atoms with Gasteiger partial charge in [-0.15, -0.1) is 0 Å². The molecule has 0 fully saturated rings. The minimum atomic E-state index is -0.0777. The highest BCUT2D eigenvalue weighted by molar-refractivity contribution is 7.98. The van der Waals surface area contributed by atoms with Gasteiger partial charge in [-0.3, -0.25) is 9.48 Å². The predicted octanol–water partition coefficient (Wildman–Crippen LogP) is 3.99. The smallest absolute Gasteiger partial charge is 0.244 e. The van der Waals surface area contributed by atoms with Crippen molar-refractivity contribution in [2.24, 2.45) is 0 Å². The summed E-state index contributed by atoms with van der Waals surface area (Å²) in [6.07, 6.45) is 7.06. The quantitative estimate of drug-likeness (QED) is 0.453. The Morgan fingerprint density at radius 2 is 1.74 bits per heavy atom. The van der Waals surface area contributed by atoms with Gasteiger partial charge in [-0.25, -0.2) is 0 Å². The van der Waals surface area contributed by atoms with Crippen LogP contribution in [0.5, 0.6) is 0 Å². The Hall–Kier alpha value is -2.79. The molecule has 0 saturated heterocycles. The largest absolute Gasteiger partial charge is 0.352 e. The Bertz CT molecular complexity index is 860. The summed E-state index contributed by atoms with van der Waals surface area (Å²) in [6, 6.07) is 20.5. The normalized spacial score (nSPS) is 11.0. The molecule has 1 aromatic heterocycles. The number of benzene rings is 2. The molecule has 0 unspecified atom stereocenters. The maximum absolute atomic E-state index is 11.9. The molecule has 27 heavy (non-hydrogen) atoms. The van der Waals surface area contributed by atoms with Gasteiger partial charge < -0.3 is 5.32 Å². The van der Waals surface area contributed by atoms with E-state index in [0.29, 0.717) is 6.54 Å². The van der Waals surface area contributed by atoms with Gasteiger partial charge in [0.05, 0.1) is 12.7 Å². The lowest BCUT2D eigenvalue weighted by Gasteiger charge is -2.03. The second-order valence-corrected chi connectivity index (χ2v) is 7.22. The van der Waals surface area contributed by atoms with Crippen molar-refractivity contribution >= 4 is 23.7 Å². The zero-order valence-electron chi connectivity index (χ0n) is 15.1. The van der Waals surface area contributed by atoms with Crippen LogP contribution >= 0.6 is 11.8 Å². The molecule has 0 aliphatic rings. The van der Waals surface area contributed by atoms with Crippen LogP contribution < -0.4 is 5.32 Å². The highest BCUT2D eigenvalue weighted by Crippen LogP contribution is 2.10. The summed E-state index contributed by atoms with van der Waals surface area (Å²) in [6.45, 7) is 1.38. The van der Waals surface area contributed by atoms with Gasteiger partial charge in [0.1, 0.15) is 0 Å². The van der Waals surface area contributed by atoms with Gasteiger partial charge in [0.2, 0.25) is 5.91 Å². The first-order valence-corrected chi connectivity index (χ1v) is 10.1. The lowest BCUT2D eigenvalue weighted by Crippen LogP contribution is -2.23. The number of aromatic nitrogens is 2. The summed E-state index contributed by atoms with van der Waals surface area (Å²) < 4.78 is 1.87. The molecule has 1 N–H and O–H groups in total. The van der Waals surface area contributed by atoms with Gasteiger partial charge in [-0.05, 0) is 17.2 Å². The van der Waals surface area contributed by atoms with Gasteiger partial charge in [-0.1, -0.05) is 60.7 Å². The van der Waals surface area contributed by atoms with Gasteiger partial charge in [-0.2, -0.15) is 16.9 Å². The molecule has 0 aliphatic heterocycles. The molecule has 1 heterocycles. The van der Waals surface area contributed by atoms with E-state index in [4.69, 9.17) is 0 Å². The molecule has 3 rings (SSSR count). The van der Waals surface area contributed by atoms with Crippen molar-refractivity contribution in [3.63, 3.8) is 0 Å². The first kappa shape index (κ1) is 19.0. The first-order valence-electron chi connectivity index (χ1n) is 8.93. The lowest BCUT2D eigenvalue weighted by molar-refractivity contribution is -0.116. The number of carbonyl (C=O) groups is 1. The topological polar surface area (TPSA) is 46.9 Å². The van der Waals surface area contributed by atoms with Crippen molar-refractivity contribution in [1.29, 1.82) is 0 Å². The number of thioether (sulfide) groups is 1. The van der Waals surface area contributed by atoms with Crippen LogP contribution in [0.3, 0.4) is 0 Å². The summed E-state index contributed by atoms with van der Waals surface area (Å²) in [4.78, 5) is 11.9. The third-order valence-electron chi connectivity index (χ3n) is 3.92. The van der Waals surface area contributed by atoms with Crippen LogP contribution in [0.4, 0.5) is 0 Å². The van der Waals surface area contributed by atoms with E-state index < -0.39 is 0 Å². The number of hydrogen-bond acceptors (Lipinski definition) is 3. The minimum absolute atomic E-state index is 0.0777. The number of hydrogen-bond donors (Lipinski definition) is 1. The molecule has 2 aromatic carbocycles. The van der Waals surface area contributed by atoms with Crippen molar-refractivity contribution in [2.75, 3.05) is 12.3 Å². The molecule has 3 aromatic rings. The monoisotopic (exact) mass is 377 g/mol. The first-order chi connectivity index (χ1) is 13.3.